The van der Waals surface area contributed by atoms with Crippen molar-refractivity contribution in [3.8, 4) is 0 Å². The van der Waals surface area contributed by atoms with E-state index in [9.17, 15) is 9.59 Å². The Morgan fingerprint density at radius 2 is 2.18 bits per heavy atom. The number of carbonyl (C=O) groups excluding carboxylic acids is 2. The minimum absolute atomic E-state index is 0.0591. The molecule has 2 aliphatic rings. The van der Waals surface area contributed by atoms with Gasteiger partial charge in [0.15, 0.2) is 5.82 Å². The van der Waals surface area contributed by atoms with Gasteiger partial charge in [-0.3, -0.25) is 10.4 Å². The van der Waals surface area contributed by atoms with Crippen LogP contribution in [0, 0.1) is 5.92 Å². The number of aromatic nitrogens is 2. The minimum atomic E-state index is -0.365. The number of H-pyrrole nitrogens is 1. The first kappa shape index (κ1) is 20.4. The first-order chi connectivity index (χ1) is 13.4. The topological polar surface area (TPSA) is 109 Å². The van der Waals surface area contributed by atoms with Gasteiger partial charge in [0.05, 0.1) is 6.61 Å². The van der Waals surface area contributed by atoms with Crippen molar-refractivity contribution in [2.24, 2.45) is 5.92 Å². The molecule has 3 N–H and O–H groups in total. The number of urea groups is 1. The van der Waals surface area contributed by atoms with E-state index in [1.165, 1.54) is 0 Å². The summed E-state index contributed by atoms with van der Waals surface area (Å²) in [4.78, 5) is 26.0. The average molecular weight is 393 g/mol. The maximum Gasteiger partial charge on any atom is 0.407 e. The van der Waals surface area contributed by atoms with Crippen LogP contribution in [0.1, 0.15) is 51.1 Å². The quantitative estimate of drug-likeness (QED) is 0.688. The molecule has 0 bridgehead atoms. The molecule has 1 aromatic heterocycles. The van der Waals surface area contributed by atoms with E-state index in [1.54, 1.807) is 12.0 Å². The van der Waals surface area contributed by atoms with E-state index in [0.29, 0.717) is 24.9 Å². The fourth-order valence-electron chi connectivity index (χ4n) is 3.94. The molecule has 3 rings (SSSR count). The third-order valence-corrected chi connectivity index (χ3v) is 5.31. The number of likely N-dealkylation sites (tertiary alicyclic amines) is 1. The number of aromatic amines is 1. The second-order valence-electron chi connectivity index (χ2n) is 8.03. The average Bonchev–Trinajstić information content (AvgIpc) is 3.35. The summed E-state index contributed by atoms with van der Waals surface area (Å²) in [5.74, 6) is 1.17. The Morgan fingerprint density at radius 3 is 2.93 bits per heavy atom. The van der Waals surface area contributed by atoms with Gasteiger partial charge in [-0.05, 0) is 39.5 Å². The first-order valence-corrected chi connectivity index (χ1v) is 10.0. The van der Waals surface area contributed by atoms with E-state index in [1.807, 2.05) is 19.9 Å². The van der Waals surface area contributed by atoms with Crippen LogP contribution >= 0.6 is 0 Å². The highest BCUT2D eigenvalue weighted by Gasteiger charge is 2.31. The Labute approximate surface area is 165 Å². The van der Waals surface area contributed by atoms with Gasteiger partial charge < -0.3 is 19.7 Å². The van der Waals surface area contributed by atoms with Crippen LogP contribution in [0.25, 0.3) is 0 Å². The zero-order valence-corrected chi connectivity index (χ0v) is 16.9. The molecular weight excluding hydrogens is 362 g/mol. The van der Waals surface area contributed by atoms with Gasteiger partial charge in [-0.2, -0.15) is 5.10 Å². The number of nitrogens with one attached hydrogen (secondary N) is 3. The van der Waals surface area contributed by atoms with E-state index >= 15 is 0 Å². The number of hydrogen-bond acceptors (Lipinski definition) is 5. The molecule has 1 aliphatic carbocycles. The number of methoxy groups -OCH3 is 1. The van der Waals surface area contributed by atoms with Crippen molar-refractivity contribution in [1.29, 1.82) is 0 Å². The molecule has 2 fully saturated rings. The highest BCUT2D eigenvalue weighted by molar-refractivity contribution is 5.88. The van der Waals surface area contributed by atoms with E-state index in [4.69, 9.17) is 9.47 Å². The first-order valence-electron chi connectivity index (χ1n) is 10.0. The smallest absolute Gasteiger partial charge is 0.407 e. The Morgan fingerprint density at radius 1 is 1.36 bits per heavy atom. The Balaban J connectivity index is 1.47. The third-order valence-electron chi connectivity index (χ3n) is 5.31. The van der Waals surface area contributed by atoms with Gasteiger partial charge in [0.2, 0.25) is 0 Å². The number of amides is 3. The van der Waals surface area contributed by atoms with E-state index in [-0.39, 0.29) is 30.2 Å². The van der Waals surface area contributed by atoms with Gasteiger partial charge in [0, 0.05) is 49.8 Å². The molecule has 0 aromatic carbocycles. The van der Waals surface area contributed by atoms with Crippen molar-refractivity contribution >= 4 is 17.9 Å². The summed E-state index contributed by atoms with van der Waals surface area (Å²) in [7, 11) is 1.68. The lowest BCUT2D eigenvalue weighted by atomic mass is 10.0. The van der Waals surface area contributed by atoms with Gasteiger partial charge in [-0.15, -0.1) is 0 Å². The molecular formula is C19H31N5O4. The SMILES string of the molecule is COC[C@H]1CCN(C(=O)Nc2cc([C@H]3CC[C@@H](OC(=O)NC(C)C)C3)[nH]n2)C1. The summed E-state index contributed by atoms with van der Waals surface area (Å²) < 4.78 is 10.6. The van der Waals surface area contributed by atoms with Crippen molar-refractivity contribution in [3.05, 3.63) is 11.8 Å². The summed E-state index contributed by atoms with van der Waals surface area (Å²) in [6.45, 7) is 5.92. The van der Waals surface area contributed by atoms with Crippen LogP contribution in [0.15, 0.2) is 6.07 Å². The second kappa shape index (κ2) is 9.27. The lowest BCUT2D eigenvalue weighted by molar-refractivity contribution is 0.0981. The molecule has 9 nitrogen and oxygen atoms in total. The normalized spacial score (nSPS) is 24.6. The molecule has 0 radical (unpaired) electrons. The molecule has 1 saturated carbocycles. The largest absolute Gasteiger partial charge is 0.446 e. The lowest BCUT2D eigenvalue weighted by Gasteiger charge is -2.16. The molecule has 1 aliphatic heterocycles. The van der Waals surface area contributed by atoms with Crippen molar-refractivity contribution in [2.45, 2.75) is 57.6 Å². The molecule has 0 unspecified atom stereocenters. The third kappa shape index (κ3) is 5.37. The molecule has 3 amide bonds. The number of carbonyl (C=O) groups is 2. The molecule has 2 heterocycles. The molecule has 9 heteroatoms. The predicted octanol–water partition coefficient (Wildman–Crippen LogP) is 2.68. The molecule has 1 saturated heterocycles. The van der Waals surface area contributed by atoms with Gasteiger partial charge >= 0.3 is 12.1 Å². The van der Waals surface area contributed by atoms with Gasteiger partial charge in [-0.25, -0.2) is 9.59 Å². The van der Waals surface area contributed by atoms with Crippen LogP contribution in [-0.2, 0) is 9.47 Å². The molecule has 3 atom stereocenters. The molecule has 1 aromatic rings. The second-order valence-corrected chi connectivity index (χ2v) is 8.03. The highest BCUT2D eigenvalue weighted by atomic mass is 16.6. The van der Waals surface area contributed by atoms with Crippen molar-refractivity contribution in [3.63, 3.8) is 0 Å². The van der Waals surface area contributed by atoms with Gasteiger partial charge in [-0.1, -0.05) is 0 Å². The number of hydrogen-bond donors (Lipinski definition) is 3. The molecule has 28 heavy (non-hydrogen) atoms. The van der Waals surface area contributed by atoms with Crippen LogP contribution in [-0.4, -0.2) is 66.2 Å². The number of nitrogens with zero attached hydrogens (tertiary/aromatic N) is 2. The van der Waals surface area contributed by atoms with E-state index < -0.39 is 0 Å². The maximum absolute atomic E-state index is 12.4. The monoisotopic (exact) mass is 393 g/mol. The van der Waals surface area contributed by atoms with Crippen LogP contribution in [0.5, 0.6) is 0 Å². The van der Waals surface area contributed by atoms with Crippen LogP contribution in [0.2, 0.25) is 0 Å². The summed E-state index contributed by atoms with van der Waals surface area (Å²) in [5, 5.41) is 12.9. The summed E-state index contributed by atoms with van der Waals surface area (Å²) in [6, 6.07) is 1.81. The van der Waals surface area contributed by atoms with E-state index in [2.05, 4.69) is 20.8 Å². The van der Waals surface area contributed by atoms with Gasteiger partial charge in [0.1, 0.15) is 6.10 Å². The predicted molar refractivity (Wildman–Crippen MR) is 104 cm³/mol. The molecule has 0 spiro atoms. The van der Waals surface area contributed by atoms with Crippen molar-refractivity contribution in [1.82, 2.24) is 20.4 Å². The number of rotatable bonds is 6. The summed E-state index contributed by atoms with van der Waals surface area (Å²) in [5.41, 5.74) is 0.962. The Bertz CT molecular complexity index is 677. The number of anilines is 1. The number of ether oxygens (including phenoxy) is 2. The molecule has 156 valence electrons. The Hall–Kier alpha value is -2.29. The minimum Gasteiger partial charge on any atom is -0.446 e. The van der Waals surface area contributed by atoms with Gasteiger partial charge in [0.25, 0.3) is 0 Å². The maximum atomic E-state index is 12.4. The number of alkyl carbamates (subject to hydrolysis) is 1. The fraction of sp³-hybridized carbons (Fsp3) is 0.737. The zero-order chi connectivity index (χ0) is 20.1. The highest BCUT2D eigenvalue weighted by Crippen LogP contribution is 2.35. The Kier molecular flexibility index (Phi) is 6.77. The van der Waals surface area contributed by atoms with Crippen molar-refractivity contribution in [2.75, 3.05) is 32.1 Å². The van der Waals surface area contributed by atoms with Crippen molar-refractivity contribution < 1.29 is 19.1 Å². The fourth-order valence-corrected chi connectivity index (χ4v) is 3.94. The lowest BCUT2D eigenvalue weighted by Crippen LogP contribution is -2.33. The zero-order valence-electron chi connectivity index (χ0n) is 16.9. The summed E-state index contributed by atoms with van der Waals surface area (Å²) >= 11 is 0. The van der Waals surface area contributed by atoms with Crippen LogP contribution in [0.3, 0.4) is 0 Å². The van der Waals surface area contributed by atoms with E-state index in [0.717, 1.165) is 37.9 Å². The van der Waals surface area contributed by atoms with Crippen LogP contribution < -0.4 is 10.6 Å². The van der Waals surface area contributed by atoms with Crippen LogP contribution in [0.4, 0.5) is 15.4 Å². The summed E-state index contributed by atoms with van der Waals surface area (Å²) in [6.07, 6.45) is 3.00. The standard InChI is InChI=1S/C19H31N5O4/c1-12(2)20-19(26)28-15-5-4-14(8-15)16-9-17(23-22-16)21-18(25)24-7-6-13(10-24)11-27-3/h9,12-15H,4-8,10-11H2,1-3H3,(H,20,26)(H2,21,22,23,25)/t13-,14-,15+/m0/s1.